The Morgan fingerprint density at radius 2 is 2.12 bits per heavy atom. The highest BCUT2D eigenvalue weighted by molar-refractivity contribution is 7.98. The molecule has 6 heteroatoms. The van der Waals surface area contributed by atoms with Crippen LogP contribution in [0.1, 0.15) is 20.3 Å². The maximum atomic E-state index is 11.7. The van der Waals surface area contributed by atoms with E-state index in [9.17, 15) is 9.59 Å². The zero-order valence-electron chi connectivity index (χ0n) is 10.0. The highest BCUT2D eigenvalue weighted by Crippen LogP contribution is 1.99. The van der Waals surface area contributed by atoms with Crippen molar-refractivity contribution in [2.24, 2.45) is 0 Å². The van der Waals surface area contributed by atoms with Crippen molar-refractivity contribution in [3.63, 3.8) is 0 Å². The highest BCUT2D eigenvalue weighted by atomic mass is 32.2. The Hall–Kier alpha value is -0.910. The summed E-state index contributed by atoms with van der Waals surface area (Å²) in [4.78, 5) is 23.6. The average molecular weight is 248 g/mol. The summed E-state index contributed by atoms with van der Waals surface area (Å²) < 4.78 is 0. The van der Waals surface area contributed by atoms with E-state index < -0.39 is 5.97 Å². The molecule has 0 spiro atoms. The molecule has 1 unspecified atom stereocenters. The van der Waals surface area contributed by atoms with Crippen LogP contribution in [0.2, 0.25) is 0 Å². The van der Waals surface area contributed by atoms with Crippen LogP contribution in [0.15, 0.2) is 0 Å². The normalized spacial score (nSPS) is 11.9. The van der Waals surface area contributed by atoms with Crippen LogP contribution in [0, 0.1) is 0 Å². The SMILES string of the molecule is CCN(CCC(=O)O)C(=O)NC(C)CSC. The molecule has 0 aromatic carbocycles. The Balaban J connectivity index is 4.04. The molecule has 0 radical (unpaired) electrons. The molecule has 0 aliphatic carbocycles. The number of carboxylic acid groups (broad SMARTS) is 1. The molecule has 94 valence electrons. The second-order valence-corrected chi connectivity index (χ2v) is 4.44. The Morgan fingerprint density at radius 3 is 2.56 bits per heavy atom. The number of nitrogens with one attached hydrogen (secondary N) is 1. The average Bonchev–Trinajstić information content (AvgIpc) is 2.18. The molecule has 1 atom stereocenters. The first kappa shape index (κ1) is 15.1. The van der Waals surface area contributed by atoms with Gasteiger partial charge in [-0.25, -0.2) is 4.79 Å². The van der Waals surface area contributed by atoms with Crippen LogP contribution in [-0.4, -0.2) is 53.1 Å². The molecule has 0 aliphatic heterocycles. The molecule has 0 aliphatic rings. The lowest BCUT2D eigenvalue weighted by molar-refractivity contribution is -0.137. The van der Waals surface area contributed by atoms with Gasteiger partial charge in [0.05, 0.1) is 6.42 Å². The molecule has 2 amide bonds. The minimum absolute atomic E-state index is 0.0157. The predicted molar refractivity (Wildman–Crippen MR) is 65.9 cm³/mol. The van der Waals surface area contributed by atoms with Gasteiger partial charge < -0.3 is 15.3 Å². The number of rotatable bonds is 7. The summed E-state index contributed by atoms with van der Waals surface area (Å²) in [5.74, 6) is -0.0363. The summed E-state index contributed by atoms with van der Waals surface area (Å²) in [6.07, 6.45) is 1.96. The van der Waals surface area contributed by atoms with Crippen molar-refractivity contribution in [2.45, 2.75) is 26.3 Å². The second kappa shape index (κ2) is 8.27. The number of amides is 2. The van der Waals surface area contributed by atoms with Gasteiger partial charge in [-0.1, -0.05) is 0 Å². The standard InChI is InChI=1S/C10H20N2O3S/c1-4-12(6-5-9(13)14)10(15)11-8(2)7-16-3/h8H,4-7H2,1-3H3,(H,11,15)(H,13,14). The highest BCUT2D eigenvalue weighted by Gasteiger charge is 2.14. The van der Waals surface area contributed by atoms with Gasteiger partial charge in [-0.05, 0) is 20.1 Å². The number of hydrogen-bond acceptors (Lipinski definition) is 3. The third-order valence-electron chi connectivity index (χ3n) is 2.05. The number of urea groups is 1. The fourth-order valence-corrected chi connectivity index (χ4v) is 1.81. The van der Waals surface area contributed by atoms with Gasteiger partial charge >= 0.3 is 12.0 Å². The molecule has 2 N–H and O–H groups in total. The van der Waals surface area contributed by atoms with E-state index >= 15 is 0 Å². The number of carbonyl (C=O) groups is 2. The maximum Gasteiger partial charge on any atom is 0.317 e. The predicted octanol–water partition coefficient (Wildman–Crippen LogP) is 1.24. The van der Waals surface area contributed by atoms with E-state index in [0.717, 1.165) is 5.75 Å². The molecular formula is C10H20N2O3S. The van der Waals surface area contributed by atoms with E-state index in [1.807, 2.05) is 20.1 Å². The van der Waals surface area contributed by atoms with Gasteiger partial charge in [0.1, 0.15) is 0 Å². The molecule has 0 heterocycles. The minimum Gasteiger partial charge on any atom is -0.481 e. The molecule has 0 saturated heterocycles. The van der Waals surface area contributed by atoms with Crippen LogP contribution in [0.25, 0.3) is 0 Å². The Labute approximate surface area is 101 Å². The largest absolute Gasteiger partial charge is 0.481 e. The van der Waals surface area contributed by atoms with Crippen LogP contribution in [0.3, 0.4) is 0 Å². The van der Waals surface area contributed by atoms with Gasteiger partial charge in [-0.15, -0.1) is 0 Å². The lowest BCUT2D eigenvalue weighted by atomic mass is 10.3. The first-order valence-corrected chi connectivity index (χ1v) is 6.66. The van der Waals surface area contributed by atoms with Crippen molar-refractivity contribution in [2.75, 3.05) is 25.1 Å². The molecule has 0 rings (SSSR count). The van der Waals surface area contributed by atoms with E-state index in [-0.39, 0.29) is 25.0 Å². The third-order valence-corrected chi connectivity index (χ3v) is 2.88. The second-order valence-electron chi connectivity index (χ2n) is 3.53. The summed E-state index contributed by atoms with van der Waals surface area (Å²) in [7, 11) is 0. The topological polar surface area (TPSA) is 69.6 Å². The molecule has 5 nitrogen and oxygen atoms in total. The number of hydrogen-bond donors (Lipinski definition) is 2. The van der Waals surface area contributed by atoms with Crippen molar-refractivity contribution in [1.29, 1.82) is 0 Å². The number of nitrogens with zero attached hydrogens (tertiary/aromatic N) is 1. The zero-order valence-corrected chi connectivity index (χ0v) is 10.8. The number of carbonyl (C=O) groups excluding carboxylic acids is 1. The number of carboxylic acids is 1. The minimum atomic E-state index is -0.886. The number of aliphatic carboxylic acids is 1. The molecule has 16 heavy (non-hydrogen) atoms. The first-order valence-electron chi connectivity index (χ1n) is 5.27. The Bertz CT molecular complexity index is 236. The van der Waals surface area contributed by atoms with Crippen molar-refractivity contribution < 1.29 is 14.7 Å². The van der Waals surface area contributed by atoms with Crippen molar-refractivity contribution in [3.05, 3.63) is 0 Å². The van der Waals surface area contributed by atoms with Crippen molar-refractivity contribution >= 4 is 23.8 Å². The molecule has 0 fully saturated rings. The Morgan fingerprint density at radius 1 is 1.50 bits per heavy atom. The summed E-state index contributed by atoms with van der Waals surface area (Å²) in [5.41, 5.74) is 0. The summed E-state index contributed by atoms with van der Waals surface area (Å²) in [6.45, 7) is 4.54. The van der Waals surface area contributed by atoms with E-state index in [0.29, 0.717) is 6.54 Å². The van der Waals surface area contributed by atoms with Crippen molar-refractivity contribution in [1.82, 2.24) is 10.2 Å². The lowest BCUT2D eigenvalue weighted by Gasteiger charge is -2.23. The van der Waals surface area contributed by atoms with Crippen LogP contribution >= 0.6 is 11.8 Å². The lowest BCUT2D eigenvalue weighted by Crippen LogP contribution is -2.45. The fraction of sp³-hybridized carbons (Fsp3) is 0.800. The summed E-state index contributed by atoms with van der Waals surface area (Å²) in [5, 5.41) is 11.4. The van der Waals surface area contributed by atoms with Crippen LogP contribution in [-0.2, 0) is 4.79 Å². The van der Waals surface area contributed by atoms with Gasteiger partial charge in [-0.3, -0.25) is 4.79 Å². The smallest absolute Gasteiger partial charge is 0.317 e. The van der Waals surface area contributed by atoms with Crippen LogP contribution in [0.5, 0.6) is 0 Å². The fourth-order valence-electron chi connectivity index (χ4n) is 1.23. The molecule has 0 bridgehead atoms. The zero-order chi connectivity index (χ0) is 12.6. The van der Waals surface area contributed by atoms with E-state index in [1.165, 1.54) is 4.90 Å². The van der Waals surface area contributed by atoms with Gasteiger partial charge in [0, 0.05) is 24.9 Å². The van der Waals surface area contributed by atoms with E-state index in [1.54, 1.807) is 11.8 Å². The molecule has 0 aromatic heterocycles. The summed E-state index contributed by atoms with van der Waals surface area (Å²) in [6, 6.07) is -0.0910. The van der Waals surface area contributed by atoms with Gasteiger partial charge in [0.2, 0.25) is 0 Å². The number of thioether (sulfide) groups is 1. The van der Waals surface area contributed by atoms with Gasteiger partial charge in [0.25, 0.3) is 0 Å². The van der Waals surface area contributed by atoms with Crippen LogP contribution in [0.4, 0.5) is 4.79 Å². The van der Waals surface area contributed by atoms with Crippen LogP contribution < -0.4 is 5.32 Å². The van der Waals surface area contributed by atoms with E-state index in [4.69, 9.17) is 5.11 Å². The molecule has 0 aromatic rings. The monoisotopic (exact) mass is 248 g/mol. The van der Waals surface area contributed by atoms with E-state index in [2.05, 4.69) is 5.32 Å². The van der Waals surface area contributed by atoms with Gasteiger partial charge in [-0.2, -0.15) is 11.8 Å². The first-order chi connectivity index (χ1) is 7.51. The maximum absolute atomic E-state index is 11.7. The quantitative estimate of drug-likeness (QED) is 0.711. The summed E-state index contributed by atoms with van der Waals surface area (Å²) >= 11 is 1.66. The molecule has 0 saturated carbocycles. The molecular weight excluding hydrogens is 228 g/mol. The Kier molecular flexibility index (Phi) is 7.80. The van der Waals surface area contributed by atoms with Crippen molar-refractivity contribution in [3.8, 4) is 0 Å². The van der Waals surface area contributed by atoms with Gasteiger partial charge in [0.15, 0.2) is 0 Å². The third kappa shape index (κ3) is 6.55.